The lowest BCUT2D eigenvalue weighted by Crippen LogP contribution is -2.45. The quantitative estimate of drug-likeness (QED) is 0.811. The Hall–Kier alpha value is -1.84. The summed E-state index contributed by atoms with van der Waals surface area (Å²) in [5.74, 6) is -0.0689. The van der Waals surface area contributed by atoms with Crippen molar-refractivity contribution in [1.82, 2.24) is 10.2 Å². The van der Waals surface area contributed by atoms with E-state index in [1.807, 2.05) is 32.0 Å². The van der Waals surface area contributed by atoms with E-state index in [9.17, 15) is 9.59 Å². The van der Waals surface area contributed by atoms with Crippen LogP contribution in [0.25, 0.3) is 0 Å². The molecule has 0 aromatic heterocycles. The van der Waals surface area contributed by atoms with Gasteiger partial charge in [0.05, 0.1) is 0 Å². The van der Waals surface area contributed by atoms with Gasteiger partial charge in [0.2, 0.25) is 0 Å². The number of imide groups is 1. The second kappa shape index (κ2) is 6.07. The minimum Gasteiger partial charge on any atom is -0.323 e. The topological polar surface area (TPSA) is 49.4 Å². The maximum Gasteiger partial charge on any atom is 0.325 e. The number of urea groups is 1. The summed E-state index contributed by atoms with van der Waals surface area (Å²) in [6.45, 7) is 4.37. The van der Waals surface area contributed by atoms with Gasteiger partial charge in [-0.1, -0.05) is 44.2 Å². The van der Waals surface area contributed by atoms with E-state index in [1.54, 1.807) is 0 Å². The number of hydrogen-bond acceptors (Lipinski definition) is 2. The molecule has 0 atom stereocenters. The molecule has 0 radical (unpaired) electrons. The molecule has 0 saturated carbocycles. The summed E-state index contributed by atoms with van der Waals surface area (Å²) in [4.78, 5) is 25.7. The maximum atomic E-state index is 12.4. The van der Waals surface area contributed by atoms with Crippen LogP contribution in [-0.4, -0.2) is 28.9 Å². The Kier molecular flexibility index (Phi) is 4.42. The molecule has 1 fully saturated rings. The van der Waals surface area contributed by atoms with Crippen LogP contribution >= 0.6 is 0 Å². The Morgan fingerprint density at radius 3 is 2.30 bits per heavy atom. The van der Waals surface area contributed by atoms with Crippen molar-refractivity contribution in [3.8, 4) is 0 Å². The van der Waals surface area contributed by atoms with Gasteiger partial charge in [0.25, 0.3) is 5.91 Å². The molecule has 2 rings (SSSR count). The fourth-order valence-electron chi connectivity index (χ4n) is 2.69. The highest BCUT2D eigenvalue weighted by Gasteiger charge is 2.48. The molecule has 1 saturated heterocycles. The van der Waals surface area contributed by atoms with Gasteiger partial charge in [-0.05, 0) is 31.2 Å². The van der Waals surface area contributed by atoms with E-state index in [0.29, 0.717) is 19.4 Å². The van der Waals surface area contributed by atoms with Crippen LogP contribution in [0, 0.1) is 0 Å². The van der Waals surface area contributed by atoms with E-state index in [0.717, 1.165) is 12.8 Å². The van der Waals surface area contributed by atoms with E-state index < -0.39 is 5.54 Å². The van der Waals surface area contributed by atoms with E-state index in [4.69, 9.17) is 0 Å². The van der Waals surface area contributed by atoms with Crippen molar-refractivity contribution in [2.45, 2.75) is 45.1 Å². The number of nitrogens with zero attached hydrogens (tertiary/aromatic N) is 1. The third-order valence-electron chi connectivity index (χ3n) is 4.14. The minimum atomic E-state index is -0.677. The first-order valence-electron chi connectivity index (χ1n) is 7.31. The summed E-state index contributed by atoms with van der Waals surface area (Å²) in [7, 11) is 0. The standard InChI is InChI=1S/C16H22N2O2/c1-3-16(4-2)14(19)18(15(20)17-16)12-8-11-13-9-6-5-7-10-13/h5-7,9-10H,3-4,8,11-12H2,1-2H3,(H,17,20). The predicted molar refractivity (Wildman–Crippen MR) is 78.3 cm³/mol. The monoisotopic (exact) mass is 274 g/mol. The van der Waals surface area contributed by atoms with Gasteiger partial charge in [-0.25, -0.2) is 4.79 Å². The molecule has 0 aliphatic carbocycles. The molecule has 4 nitrogen and oxygen atoms in total. The van der Waals surface area contributed by atoms with E-state index in [2.05, 4.69) is 17.4 Å². The molecule has 4 heteroatoms. The van der Waals surface area contributed by atoms with Crippen molar-refractivity contribution in [2.75, 3.05) is 6.54 Å². The lowest BCUT2D eigenvalue weighted by molar-refractivity contribution is -0.131. The van der Waals surface area contributed by atoms with Crippen molar-refractivity contribution in [1.29, 1.82) is 0 Å². The number of rotatable bonds is 6. The van der Waals surface area contributed by atoms with E-state index >= 15 is 0 Å². The van der Waals surface area contributed by atoms with Crippen LogP contribution in [0.5, 0.6) is 0 Å². The van der Waals surface area contributed by atoms with Crippen molar-refractivity contribution in [3.63, 3.8) is 0 Å². The van der Waals surface area contributed by atoms with Crippen LogP contribution in [0.4, 0.5) is 4.79 Å². The van der Waals surface area contributed by atoms with E-state index in [1.165, 1.54) is 10.5 Å². The Labute approximate surface area is 120 Å². The summed E-state index contributed by atoms with van der Waals surface area (Å²) in [5, 5.41) is 2.85. The highest BCUT2D eigenvalue weighted by atomic mass is 16.2. The lowest BCUT2D eigenvalue weighted by atomic mass is 9.93. The molecule has 1 aromatic carbocycles. The molecule has 0 spiro atoms. The summed E-state index contributed by atoms with van der Waals surface area (Å²) in [6, 6.07) is 9.87. The second-order valence-electron chi connectivity index (χ2n) is 5.27. The van der Waals surface area contributed by atoms with Gasteiger partial charge < -0.3 is 5.32 Å². The summed E-state index contributed by atoms with van der Waals surface area (Å²) in [6.07, 6.45) is 2.96. The molecule has 0 unspecified atom stereocenters. The largest absolute Gasteiger partial charge is 0.325 e. The second-order valence-corrected chi connectivity index (χ2v) is 5.27. The Balaban J connectivity index is 1.93. The zero-order valence-electron chi connectivity index (χ0n) is 12.2. The van der Waals surface area contributed by atoms with Crippen molar-refractivity contribution >= 4 is 11.9 Å². The van der Waals surface area contributed by atoms with E-state index in [-0.39, 0.29) is 11.9 Å². The number of benzene rings is 1. The molecule has 1 aliphatic rings. The fourth-order valence-corrected chi connectivity index (χ4v) is 2.69. The van der Waals surface area contributed by atoms with Crippen LogP contribution in [0.2, 0.25) is 0 Å². The summed E-state index contributed by atoms with van der Waals surface area (Å²) < 4.78 is 0. The third-order valence-corrected chi connectivity index (χ3v) is 4.14. The third kappa shape index (κ3) is 2.69. The molecular weight excluding hydrogens is 252 g/mol. The van der Waals surface area contributed by atoms with Crippen molar-refractivity contribution in [3.05, 3.63) is 35.9 Å². The van der Waals surface area contributed by atoms with Gasteiger partial charge >= 0.3 is 6.03 Å². The SMILES string of the molecule is CCC1(CC)NC(=O)N(CCCc2ccccc2)C1=O. The molecule has 3 amide bonds. The van der Waals surface area contributed by atoms with Crippen LogP contribution in [-0.2, 0) is 11.2 Å². The first-order valence-corrected chi connectivity index (χ1v) is 7.31. The lowest BCUT2D eigenvalue weighted by Gasteiger charge is -2.23. The average molecular weight is 274 g/mol. The Morgan fingerprint density at radius 1 is 1.10 bits per heavy atom. The van der Waals surface area contributed by atoms with Gasteiger partial charge in [0, 0.05) is 6.54 Å². The molecule has 108 valence electrons. The van der Waals surface area contributed by atoms with Gasteiger partial charge in [-0.15, -0.1) is 0 Å². The van der Waals surface area contributed by atoms with Crippen molar-refractivity contribution < 1.29 is 9.59 Å². The highest BCUT2D eigenvalue weighted by Crippen LogP contribution is 2.25. The summed E-state index contributed by atoms with van der Waals surface area (Å²) in [5.41, 5.74) is 0.556. The Morgan fingerprint density at radius 2 is 1.75 bits per heavy atom. The first-order chi connectivity index (χ1) is 9.63. The molecule has 1 N–H and O–H groups in total. The number of aryl methyl sites for hydroxylation is 1. The highest BCUT2D eigenvalue weighted by molar-refractivity contribution is 6.06. The zero-order valence-corrected chi connectivity index (χ0v) is 12.2. The van der Waals surface area contributed by atoms with Gasteiger partial charge in [0.15, 0.2) is 0 Å². The molecule has 1 aromatic rings. The molecule has 20 heavy (non-hydrogen) atoms. The van der Waals surface area contributed by atoms with Crippen LogP contribution in [0.15, 0.2) is 30.3 Å². The summed E-state index contributed by atoms with van der Waals surface area (Å²) >= 11 is 0. The molecule has 1 aliphatic heterocycles. The van der Waals surface area contributed by atoms with Crippen LogP contribution in [0.1, 0.15) is 38.7 Å². The van der Waals surface area contributed by atoms with Crippen molar-refractivity contribution in [2.24, 2.45) is 0 Å². The average Bonchev–Trinajstić information content (AvgIpc) is 2.73. The number of amides is 3. The smallest absolute Gasteiger partial charge is 0.323 e. The molecular formula is C16H22N2O2. The van der Waals surface area contributed by atoms with Gasteiger partial charge in [-0.2, -0.15) is 0 Å². The molecule has 0 bridgehead atoms. The number of carbonyl (C=O) groups excluding carboxylic acids is 2. The van der Waals surface area contributed by atoms with Crippen LogP contribution < -0.4 is 5.32 Å². The zero-order chi connectivity index (χ0) is 14.6. The number of hydrogen-bond donors (Lipinski definition) is 1. The predicted octanol–water partition coefficient (Wildman–Crippen LogP) is 2.73. The molecule has 1 heterocycles. The normalized spacial score (nSPS) is 17.4. The number of nitrogens with one attached hydrogen (secondary N) is 1. The number of carbonyl (C=O) groups is 2. The van der Waals surface area contributed by atoms with Gasteiger partial charge in [0.1, 0.15) is 5.54 Å². The maximum absolute atomic E-state index is 12.4. The van der Waals surface area contributed by atoms with Gasteiger partial charge in [-0.3, -0.25) is 9.69 Å². The first kappa shape index (κ1) is 14.6. The van der Waals surface area contributed by atoms with Crippen LogP contribution in [0.3, 0.4) is 0 Å². The fraction of sp³-hybridized carbons (Fsp3) is 0.500. The minimum absolute atomic E-state index is 0.0689. The Bertz CT molecular complexity index is 481.